The van der Waals surface area contributed by atoms with E-state index >= 15 is 0 Å². The summed E-state index contributed by atoms with van der Waals surface area (Å²) < 4.78 is 0. The standard InChI is InChI=1S/C25H24ClN3O2/c26-16-10-11-18-17(14-16)23(15-6-2-1-3-7-15)24(25(31)29-18)21(30)12-13-22-27-19-8-4-5-9-20(19)28-22/h1-9,12-13,16-18,23-24H,10-11,14H2,(H,27,28)(H,29,31)/b13-12+. The van der Waals surface area contributed by atoms with E-state index in [-0.39, 0.29) is 34.9 Å². The Morgan fingerprint density at radius 3 is 2.65 bits per heavy atom. The molecule has 2 fully saturated rings. The van der Waals surface area contributed by atoms with Gasteiger partial charge in [-0.2, -0.15) is 0 Å². The van der Waals surface area contributed by atoms with Crippen LogP contribution < -0.4 is 5.32 Å². The van der Waals surface area contributed by atoms with Crippen molar-refractivity contribution >= 4 is 40.4 Å². The van der Waals surface area contributed by atoms with Gasteiger partial charge >= 0.3 is 0 Å². The fourth-order valence-electron chi connectivity index (χ4n) is 5.15. The molecule has 1 aliphatic heterocycles. The summed E-state index contributed by atoms with van der Waals surface area (Å²) in [5.41, 5.74) is 2.77. The lowest BCUT2D eigenvalue weighted by Gasteiger charge is -2.46. The van der Waals surface area contributed by atoms with E-state index in [0.29, 0.717) is 5.82 Å². The number of halogens is 1. The van der Waals surface area contributed by atoms with Crippen LogP contribution in [0.2, 0.25) is 0 Å². The lowest BCUT2D eigenvalue weighted by Crippen LogP contribution is -2.57. The lowest BCUT2D eigenvalue weighted by molar-refractivity contribution is -0.137. The zero-order valence-corrected chi connectivity index (χ0v) is 17.8. The Morgan fingerprint density at radius 2 is 1.84 bits per heavy atom. The molecule has 5 atom stereocenters. The second-order valence-corrected chi connectivity index (χ2v) is 9.10. The fourth-order valence-corrected chi connectivity index (χ4v) is 5.48. The summed E-state index contributed by atoms with van der Waals surface area (Å²) in [7, 11) is 0. The predicted octanol–water partition coefficient (Wildman–Crippen LogP) is 4.45. The molecule has 1 aromatic heterocycles. The number of fused-ring (bicyclic) bond motifs is 2. The number of H-pyrrole nitrogens is 1. The minimum atomic E-state index is -0.772. The average molecular weight is 434 g/mol. The highest BCUT2D eigenvalue weighted by atomic mass is 35.5. The minimum absolute atomic E-state index is 0.0658. The van der Waals surface area contributed by atoms with E-state index < -0.39 is 5.92 Å². The molecule has 2 heterocycles. The first-order valence-corrected chi connectivity index (χ1v) is 11.2. The van der Waals surface area contributed by atoms with E-state index in [0.717, 1.165) is 35.9 Å². The molecule has 5 nitrogen and oxygen atoms in total. The number of hydrogen-bond donors (Lipinski definition) is 2. The molecule has 1 aliphatic carbocycles. The van der Waals surface area contributed by atoms with Crippen molar-refractivity contribution in [1.82, 2.24) is 15.3 Å². The van der Waals surface area contributed by atoms with Crippen molar-refractivity contribution in [1.29, 1.82) is 0 Å². The van der Waals surface area contributed by atoms with Crippen LogP contribution in [0.1, 0.15) is 36.6 Å². The molecule has 1 amide bonds. The van der Waals surface area contributed by atoms with Gasteiger partial charge in [-0.1, -0.05) is 42.5 Å². The van der Waals surface area contributed by atoms with Crippen molar-refractivity contribution < 1.29 is 9.59 Å². The summed E-state index contributed by atoms with van der Waals surface area (Å²) >= 11 is 6.51. The zero-order chi connectivity index (χ0) is 21.4. The van der Waals surface area contributed by atoms with Gasteiger partial charge in [-0.25, -0.2) is 4.98 Å². The quantitative estimate of drug-likeness (QED) is 0.362. The maximum atomic E-state index is 13.3. The molecule has 2 N–H and O–H groups in total. The summed E-state index contributed by atoms with van der Waals surface area (Å²) in [6, 6.07) is 17.7. The van der Waals surface area contributed by atoms with Crippen LogP contribution in [0.15, 0.2) is 60.7 Å². The predicted molar refractivity (Wildman–Crippen MR) is 122 cm³/mol. The van der Waals surface area contributed by atoms with Crippen LogP contribution in [0.3, 0.4) is 0 Å². The van der Waals surface area contributed by atoms with Crippen molar-refractivity contribution in [2.24, 2.45) is 11.8 Å². The van der Waals surface area contributed by atoms with Gasteiger partial charge in [-0.15, -0.1) is 11.6 Å². The van der Waals surface area contributed by atoms with Crippen molar-refractivity contribution in [3.63, 3.8) is 0 Å². The van der Waals surface area contributed by atoms with E-state index in [2.05, 4.69) is 15.3 Å². The van der Waals surface area contributed by atoms with Crippen LogP contribution in [0.5, 0.6) is 0 Å². The molecule has 31 heavy (non-hydrogen) atoms. The Morgan fingerprint density at radius 1 is 1.06 bits per heavy atom. The number of aromatic amines is 1. The van der Waals surface area contributed by atoms with Crippen molar-refractivity contribution in [3.05, 3.63) is 72.1 Å². The number of alkyl halides is 1. The molecule has 5 unspecified atom stereocenters. The first-order chi connectivity index (χ1) is 15.1. The summed E-state index contributed by atoms with van der Waals surface area (Å²) in [6.07, 6.45) is 5.68. The number of aromatic nitrogens is 2. The SMILES string of the molecule is O=C(/C=C/c1nc2ccccc2[nH]1)C1C(=O)NC2CCC(Cl)CC2C1c1ccccc1. The number of hydrogen-bond acceptors (Lipinski definition) is 3. The van der Waals surface area contributed by atoms with Crippen molar-refractivity contribution in [3.8, 4) is 0 Å². The lowest BCUT2D eigenvalue weighted by atomic mass is 9.64. The van der Waals surface area contributed by atoms with Gasteiger partial charge in [0.2, 0.25) is 5.91 Å². The fraction of sp³-hybridized carbons (Fsp3) is 0.320. The first-order valence-electron chi connectivity index (χ1n) is 10.8. The second-order valence-electron chi connectivity index (χ2n) is 8.48. The molecule has 158 valence electrons. The van der Waals surface area contributed by atoms with E-state index in [1.807, 2.05) is 54.6 Å². The minimum Gasteiger partial charge on any atom is -0.352 e. The summed E-state index contributed by atoms with van der Waals surface area (Å²) in [4.78, 5) is 34.1. The van der Waals surface area contributed by atoms with Gasteiger partial charge in [0, 0.05) is 17.3 Å². The van der Waals surface area contributed by atoms with Crippen molar-refractivity contribution in [2.75, 3.05) is 0 Å². The Kier molecular flexibility index (Phi) is 5.36. The number of allylic oxidation sites excluding steroid dienone is 1. The Balaban J connectivity index is 1.47. The molecule has 0 radical (unpaired) electrons. The number of rotatable bonds is 4. The van der Waals surface area contributed by atoms with E-state index in [9.17, 15) is 9.59 Å². The third-order valence-electron chi connectivity index (χ3n) is 6.57. The van der Waals surface area contributed by atoms with Gasteiger partial charge < -0.3 is 10.3 Å². The molecule has 5 rings (SSSR count). The summed E-state index contributed by atoms with van der Waals surface area (Å²) in [5.74, 6) is -0.617. The largest absolute Gasteiger partial charge is 0.352 e. The number of carbonyl (C=O) groups excluding carboxylic acids is 2. The molecule has 0 spiro atoms. The Labute approximate surface area is 185 Å². The van der Waals surface area contributed by atoms with Gasteiger partial charge in [0.05, 0.1) is 11.0 Å². The highest BCUT2D eigenvalue weighted by Gasteiger charge is 2.49. The van der Waals surface area contributed by atoms with E-state index in [1.165, 1.54) is 6.08 Å². The van der Waals surface area contributed by atoms with Crippen LogP contribution in [-0.2, 0) is 9.59 Å². The van der Waals surface area contributed by atoms with Crippen LogP contribution in [0, 0.1) is 11.8 Å². The number of amides is 1. The monoisotopic (exact) mass is 433 g/mol. The number of piperidine rings is 1. The third kappa shape index (κ3) is 3.90. The maximum Gasteiger partial charge on any atom is 0.231 e. The van der Waals surface area contributed by atoms with Crippen molar-refractivity contribution in [2.45, 2.75) is 36.6 Å². The number of ketones is 1. The first kappa shape index (κ1) is 20.0. The third-order valence-corrected chi connectivity index (χ3v) is 6.97. The number of nitrogens with one attached hydrogen (secondary N) is 2. The highest BCUT2D eigenvalue weighted by molar-refractivity contribution is 6.20. The maximum absolute atomic E-state index is 13.3. The molecular weight excluding hydrogens is 410 g/mol. The van der Waals surface area contributed by atoms with Gasteiger partial charge in [0.15, 0.2) is 5.78 Å². The number of carbonyl (C=O) groups is 2. The highest BCUT2D eigenvalue weighted by Crippen LogP contribution is 2.45. The van der Waals surface area contributed by atoms with Crippen LogP contribution >= 0.6 is 11.6 Å². The molecule has 3 aromatic rings. The summed E-state index contributed by atoms with van der Waals surface area (Å²) in [6.45, 7) is 0. The second kappa shape index (κ2) is 8.31. The smallest absolute Gasteiger partial charge is 0.231 e. The van der Waals surface area contributed by atoms with E-state index in [1.54, 1.807) is 6.08 Å². The molecule has 1 saturated heterocycles. The van der Waals surface area contributed by atoms with Gasteiger partial charge in [-0.05, 0) is 55.0 Å². The number of benzene rings is 2. The molecule has 6 heteroatoms. The van der Waals surface area contributed by atoms with Gasteiger partial charge in [0.25, 0.3) is 0 Å². The molecule has 2 aliphatic rings. The van der Waals surface area contributed by atoms with E-state index in [4.69, 9.17) is 11.6 Å². The number of imidazole rings is 1. The number of para-hydroxylation sites is 2. The van der Waals surface area contributed by atoms with Gasteiger partial charge in [-0.3, -0.25) is 9.59 Å². The zero-order valence-electron chi connectivity index (χ0n) is 17.0. The Hall–Kier alpha value is -2.92. The van der Waals surface area contributed by atoms with Crippen LogP contribution in [-0.4, -0.2) is 33.1 Å². The molecule has 1 saturated carbocycles. The normalized spacial score (nSPS) is 28.4. The van der Waals surface area contributed by atoms with Crippen LogP contribution in [0.4, 0.5) is 0 Å². The van der Waals surface area contributed by atoms with Gasteiger partial charge in [0.1, 0.15) is 11.7 Å². The molecule has 2 aromatic carbocycles. The summed E-state index contributed by atoms with van der Waals surface area (Å²) in [5, 5.41) is 3.19. The molecule has 0 bridgehead atoms. The topological polar surface area (TPSA) is 74.8 Å². The molecular formula is C25H24ClN3O2. The average Bonchev–Trinajstić information content (AvgIpc) is 3.20. The number of nitrogens with zero attached hydrogens (tertiary/aromatic N) is 1. The Bertz CT molecular complexity index is 1110. The van der Waals surface area contributed by atoms with Crippen LogP contribution in [0.25, 0.3) is 17.1 Å².